The van der Waals surface area contributed by atoms with Crippen LogP contribution >= 0.6 is 0 Å². The van der Waals surface area contributed by atoms with Crippen LogP contribution < -0.4 is 0 Å². The first-order valence-corrected chi connectivity index (χ1v) is 6.37. The van der Waals surface area contributed by atoms with Crippen LogP contribution in [0.2, 0.25) is 0 Å². The Morgan fingerprint density at radius 3 is 1.24 bits per heavy atom. The first-order chi connectivity index (χ1) is 12.4. The van der Waals surface area contributed by atoms with Gasteiger partial charge in [-0.25, -0.2) is 0 Å². The molecule has 1 radical (unpaired) electrons. The molecule has 0 unspecified atom stereocenters. The predicted molar refractivity (Wildman–Crippen MR) is 84.7 cm³/mol. The summed E-state index contributed by atoms with van der Waals surface area (Å²) in [4.78, 5) is 16.0. The molecule has 0 bridgehead atoms. The van der Waals surface area contributed by atoms with Gasteiger partial charge in [-0.15, -0.1) is 5.92 Å². The SMILES string of the molecule is C=O.C=O.CC#CCC1=CC=CC1.F[B-](F)(F)F.F[B-](F)(F)F.F[B-](F)(F)F.[Fe+3]. The zero-order valence-electron chi connectivity index (χ0n) is 14.5. The fourth-order valence-electron chi connectivity index (χ4n) is 0.825. The minimum absolute atomic E-state index is 0. The standard InChI is InChI=1S/C9H10.2CH2O.3BF4.Fe/c1-2-3-6-9-7-4-5-8-9;2*1-2;3*2-1(3,4)5;/h4-5,7H,6,8H2,1H3;2*1H2;;;;/q;;;3*-1;+3. The Morgan fingerprint density at radius 2 is 1.07 bits per heavy atom. The predicted octanol–water partition coefficient (Wildman–Crippen LogP) is 5.81. The van der Waals surface area contributed by atoms with Crippen molar-refractivity contribution in [3.63, 3.8) is 0 Å². The van der Waals surface area contributed by atoms with Crippen molar-refractivity contribution >= 4 is 35.3 Å². The zero-order valence-corrected chi connectivity index (χ0v) is 15.6. The maximum absolute atomic E-state index is 9.75. The van der Waals surface area contributed by atoms with Crippen molar-refractivity contribution in [2.75, 3.05) is 0 Å². The average molecular weight is 494 g/mol. The fraction of sp³-hybridized carbons (Fsp3) is 0.273. The molecule has 0 spiro atoms. The Bertz CT molecular complexity index is 432. The van der Waals surface area contributed by atoms with E-state index in [1.54, 1.807) is 0 Å². The van der Waals surface area contributed by atoms with E-state index in [0.29, 0.717) is 0 Å². The molecule has 0 amide bonds. The van der Waals surface area contributed by atoms with Crippen molar-refractivity contribution in [3.8, 4) is 11.8 Å². The summed E-state index contributed by atoms with van der Waals surface area (Å²) in [5, 5.41) is 0. The third-order valence-electron chi connectivity index (χ3n) is 1.34. The van der Waals surface area contributed by atoms with Gasteiger partial charge in [-0.3, -0.25) is 0 Å². The van der Waals surface area contributed by atoms with E-state index >= 15 is 0 Å². The van der Waals surface area contributed by atoms with Crippen LogP contribution in [0, 0.1) is 11.8 Å². The molecule has 0 saturated heterocycles. The Kier molecular flexibility index (Phi) is 34.8. The van der Waals surface area contributed by atoms with Gasteiger partial charge in [0.2, 0.25) is 0 Å². The molecule has 0 aliphatic heterocycles. The molecule has 171 valence electrons. The number of halogens is 12. The summed E-state index contributed by atoms with van der Waals surface area (Å²) in [5.74, 6) is 5.91. The molecule has 0 fully saturated rings. The summed E-state index contributed by atoms with van der Waals surface area (Å²) >= 11 is 0. The molecule has 1 aliphatic rings. The number of rotatable bonds is 1. The van der Waals surface area contributed by atoms with E-state index in [1.807, 2.05) is 20.5 Å². The van der Waals surface area contributed by atoms with E-state index in [4.69, 9.17) is 9.59 Å². The first kappa shape index (κ1) is 41.6. The van der Waals surface area contributed by atoms with Crippen molar-refractivity contribution in [1.82, 2.24) is 0 Å². The van der Waals surface area contributed by atoms with Crippen molar-refractivity contribution in [1.29, 1.82) is 0 Å². The Hall–Kier alpha value is -1.75. The molecule has 0 aromatic rings. The normalized spacial score (nSPS) is 11.0. The van der Waals surface area contributed by atoms with Crippen molar-refractivity contribution in [2.45, 2.75) is 19.8 Å². The monoisotopic (exact) mass is 495 g/mol. The Balaban J connectivity index is -0.0000000589. The summed E-state index contributed by atoms with van der Waals surface area (Å²) in [6.07, 6.45) is 8.45. The van der Waals surface area contributed by atoms with Gasteiger partial charge in [0.05, 0.1) is 0 Å². The molecule has 18 heteroatoms. The molecule has 0 aromatic carbocycles. The second kappa shape index (κ2) is 24.3. The van der Waals surface area contributed by atoms with E-state index < -0.39 is 21.8 Å². The number of carbonyl (C=O) groups is 2. The summed E-state index contributed by atoms with van der Waals surface area (Å²) < 4.78 is 117. The maximum Gasteiger partial charge on any atom is 3.00 e. The Morgan fingerprint density at radius 1 is 0.793 bits per heavy atom. The molecule has 29 heavy (non-hydrogen) atoms. The topological polar surface area (TPSA) is 34.1 Å². The van der Waals surface area contributed by atoms with Gasteiger partial charge < -0.3 is 61.4 Å². The second-order valence-corrected chi connectivity index (χ2v) is 3.55. The zero-order chi connectivity index (χ0) is 24.0. The Labute approximate surface area is 170 Å². The van der Waals surface area contributed by atoms with Crippen LogP contribution in [-0.2, 0) is 26.7 Å². The molecule has 0 saturated carbocycles. The third-order valence-corrected chi connectivity index (χ3v) is 1.34. The molecule has 0 atom stereocenters. The summed E-state index contributed by atoms with van der Waals surface area (Å²) in [5.41, 5.74) is 1.43. The van der Waals surface area contributed by atoms with Gasteiger partial charge in [0.15, 0.2) is 0 Å². The van der Waals surface area contributed by atoms with Crippen LogP contribution in [0.15, 0.2) is 23.8 Å². The van der Waals surface area contributed by atoms with E-state index in [2.05, 4.69) is 30.1 Å². The van der Waals surface area contributed by atoms with Gasteiger partial charge in [0, 0.05) is 6.42 Å². The number of hydrogen-bond donors (Lipinski definition) is 0. The molecular formula is C11H14B3F12FeO2. The van der Waals surface area contributed by atoms with Gasteiger partial charge in [-0.1, -0.05) is 29.7 Å². The van der Waals surface area contributed by atoms with Crippen LogP contribution in [0.5, 0.6) is 0 Å². The average Bonchev–Trinajstić information content (AvgIpc) is 2.97. The van der Waals surface area contributed by atoms with Crippen LogP contribution in [0.25, 0.3) is 0 Å². The molecular weight excluding hydrogens is 480 g/mol. The van der Waals surface area contributed by atoms with Gasteiger partial charge >= 0.3 is 38.8 Å². The quantitative estimate of drug-likeness (QED) is 0.262. The van der Waals surface area contributed by atoms with E-state index in [0.717, 1.165) is 12.8 Å². The van der Waals surface area contributed by atoms with Crippen LogP contribution in [0.1, 0.15) is 19.8 Å². The minimum atomic E-state index is -6.00. The number of hydrogen-bond acceptors (Lipinski definition) is 2. The number of allylic oxidation sites excluding steroid dienone is 4. The maximum atomic E-state index is 9.75. The fourth-order valence-corrected chi connectivity index (χ4v) is 0.825. The molecule has 0 N–H and O–H groups in total. The van der Waals surface area contributed by atoms with Crippen LogP contribution in [-0.4, -0.2) is 35.3 Å². The summed E-state index contributed by atoms with van der Waals surface area (Å²) in [7, 11) is -18.0. The van der Waals surface area contributed by atoms with E-state index in [-0.39, 0.29) is 17.1 Å². The first-order valence-electron chi connectivity index (χ1n) is 6.37. The minimum Gasteiger partial charge on any atom is -0.418 e. The largest absolute Gasteiger partial charge is 3.00 e. The van der Waals surface area contributed by atoms with E-state index in [1.165, 1.54) is 5.57 Å². The smallest absolute Gasteiger partial charge is 0.418 e. The van der Waals surface area contributed by atoms with Gasteiger partial charge in [-0.2, -0.15) is 0 Å². The summed E-state index contributed by atoms with van der Waals surface area (Å²) in [6.45, 7) is 5.88. The molecule has 0 heterocycles. The van der Waals surface area contributed by atoms with Gasteiger partial charge in [-0.05, 0) is 13.3 Å². The van der Waals surface area contributed by atoms with Crippen LogP contribution in [0.3, 0.4) is 0 Å². The molecule has 2 nitrogen and oxygen atoms in total. The third kappa shape index (κ3) is 180. The molecule has 1 rings (SSSR count). The van der Waals surface area contributed by atoms with Crippen LogP contribution in [0.4, 0.5) is 51.8 Å². The molecule has 1 aliphatic carbocycles. The van der Waals surface area contributed by atoms with Crippen molar-refractivity contribution in [3.05, 3.63) is 23.8 Å². The number of carbonyl (C=O) groups excluding carboxylic acids is 2. The molecule has 0 aromatic heterocycles. The second-order valence-electron chi connectivity index (χ2n) is 3.55. The van der Waals surface area contributed by atoms with Crippen molar-refractivity contribution in [2.24, 2.45) is 0 Å². The van der Waals surface area contributed by atoms with Crippen molar-refractivity contribution < 1.29 is 78.4 Å². The van der Waals surface area contributed by atoms with Gasteiger partial charge in [0.25, 0.3) is 0 Å². The summed E-state index contributed by atoms with van der Waals surface area (Å²) in [6, 6.07) is 0. The van der Waals surface area contributed by atoms with E-state index in [9.17, 15) is 51.8 Å². The van der Waals surface area contributed by atoms with Gasteiger partial charge in [0.1, 0.15) is 13.6 Å².